The zero-order chi connectivity index (χ0) is 17.5. The summed E-state index contributed by atoms with van der Waals surface area (Å²) in [6.07, 6.45) is 0.824. The van der Waals surface area contributed by atoms with Gasteiger partial charge >= 0.3 is 0 Å². The normalized spacial score (nSPS) is 26.6. The van der Waals surface area contributed by atoms with Crippen LogP contribution in [0.5, 0.6) is 0 Å². The molecule has 8 heteroatoms. The molecule has 2 atom stereocenters. The zero-order valence-corrected chi connectivity index (χ0v) is 15.5. The molecule has 0 saturated carbocycles. The van der Waals surface area contributed by atoms with Gasteiger partial charge in [-0.3, -0.25) is 4.99 Å². The monoisotopic (exact) mass is 370 g/mol. The highest BCUT2D eigenvalue weighted by molar-refractivity contribution is 7.96. The van der Waals surface area contributed by atoms with Gasteiger partial charge in [-0.1, -0.05) is 19.1 Å². The molecule has 1 saturated heterocycles. The summed E-state index contributed by atoms with van der Waals surface area (Å²) < 4.78 is 50.5. The van der Waals surface area contributed by atoms with Crippen molar-refractivity contribution in [1.29, 1.82) is 0 Å². The third-order valence-electron chi connectivity index (χ3n) is 4.83. The minimum absolute atomic E-state index is 0.128. The van der Waals surface area contributed by atoms with E-state index in [2.05, 4.69) is 4.99 Å². The van der Waals surface area contributed by atoms with E-state index in [1.165, 1.54) is 0 Å². The van der Waals surface area contributed by atoms with Crippen molar-refractivity contribution in [2.24, 2.45) is 4.99 Å². The molecule has 1 fully saturated rings. The molecule has 0 N–H and O–H groups in total. The SMILES string of the molecule is CCc1ccc(S(=O)(=O)[C@H]2CS(=O)(=O)C[C@@H]2N2CCN=C2C)cc1. The number of nitrogens with zero attached hydrogens (tertiary/aromatic N) is 2. The molecule has 3 rings (SSSR count). The lowest BCUT2D eigenvalue weighted by Gasteiger charge is -2.29. The van der Waals surface area contributed by atoms with Crippen LogP contribution in [0.1, 0.15) is 19.4 Å². The first-order valence-electron chi connectivity index (χ1n) is 8.05. The molecule has 2 heterocycles. The number of hydrogen-bond donors (Lipinski definition) is 0. The summed E-state index contributed by atoms with van der Waals surface area (Å²) in [6.45, 7) is 4.96. The first kappa shape index (κ1) is 17.4. The predicted octanol–water partition coefficient (Wildman–Crippen LogP) is 0.922. The Bertz CT molecular complexity index is 858. The number of benzene rings is 1. The first-order valence-corrected chi connectivity index (χ1v) is 11.4. The molecule has 24 heavy (non-hydrogen) atoms. The molecule has 1 aromatic carbocycles. The molecule has 0 radical (unpaired) electrons. The largest absolute Gasteiger partial charge is 0.353 e. The predicted molar refractivity (Wildman–Crippen MR) is 93.9 cm³/mol. The van der Waals surface area contributed by atoms with Crippen molar-refractivity contribution >= 4 is 25.5 Å². The van der Waals surface area contributed by atoms with Gasteiger partial charge in [-0.15, -0.1) is 0 Å². The third-order valence-corrected chi connectivity index (χ3v) is 8.96. The fourth-order valence-corrected chi connectivity index (χ4v) is 8.23. The average Bonchev–Trinajstić information content (AvgIpc) is 3.10. The van der Waals surface area contributed by atoms with Gasteiger partial charge in [0.25, 0.3) is 0 Å². The maximum atomic E-state index is 13.1. The van der Waals surface area contributed by atoms with Crippen LogP contribution in [-0.4, -0.2) is 63.5 Å². The fraction of sp³-hybridized carbons (Fsp3) is 0.562. The minimum Gasteiger partial charge on any atom is -0.353 e. The molecule has 0 aromatic heterocycles. The second-order valence-corrected chi connectivity index (χ2v) is 10.7. The van der Waals surface area contributed by atoms with Crippen molar-refractivity contribution in [2.75, 3.05) is 24.6 Å². The van der Waals surface area contributed by atoms with Crippen LogP contribution in [-0.2, 0) is 26.1 Å². The van der Waals surface area contributed by atoms with Crippen molar-refractivity contribution in [2.45, 2.75) is 36.5 Å². The van der Waals surface area contributed by atoms with Crippen molar-refractivity contribution in [3.63, 3.8) is 0 Å². The first-order chi connectivity index (χ1) is 11.2. The zero-order valence-electron chi connectivity index (χ0n) is 13.8. The second kappa shape index (κ2) is 6.15. The molecule has 0 unspecified atom stereocenters. The number of sulfone groups is 2. The van der Waals surface area contributed by atoms with E-state index >= 15 is 0 Å². The quantitative estimate of drug-likeness (QED) is 0.787. The Labute approximate surface area is 143 Å². The van der Waals surface area contributed by atoms with Gasteiger partial charge in [-0.05, 0) is 31.0 Å². The molecular weight excluding hydrogens is 348 g/mol. The van der Waals surface area contributed by atoms with Crippen LogP contribution in [0.3, 0.4) is 0 Å². The van der Waals surface area contributed by atoms with Crippen LogP contribution in [0.25, 0.3) is 0 Å². The molecule has 1 aromatic rings. The number of aliphatic imine (C=N–C) groups is 1. The van der Waals surface area contributed by atoms with Crippen molar-refractivity contribution in [3.05, 3.63) is 29.8 Å². The maximum Gasteiger partial charge on any atom is 0.184 e. The highest BCUT2D eigenvalue weighted by atomic mass is 32.2. The summed E-state index contributed by atoms with van der Waals surface area (Å²) in [4.78, 5) is 6.31. The molecule has 0 spiro atoms. The fourth-order valence-electron chi connectivity index (χ4n) is 3.45. The van der Waals surface area contributed by atoms with Crippen LogP contribution in [0, 0.1) is 0 Å². The van der Waals surface area contributed by atoms with E-state index < -0.39 is 31.0 Å². The van der Waals surface area contributed by atoms with Gasteiger partial charge in [0.2, 0.25) is 0 Å². The van der Waals surface area contributed by atoms with E-state index in [1.807, 2.05) is 11.8 Å². The smallest absolute Gasteiger partial charge is 0.184 e. The number of amidine groups is 1. The Morgan fingerprint density at radius 1 is 1.21 bits per heavy atom. The second-order valence-electron chi connectivity index (χ2n) is 6.35. The standard InChI is InChI=1S/C16H22N2O4S2/c1-3-13-4-6-14(7-5-13)24(21,22)16-11-23(19,20)10-15(16)18-9-8-17-12(18)2/h4-7,15-16H,3,8-11H2,1-2H3/t15-,16-/m0/s1. The number of rotatable bonds is 4. The molecule has 2 aliphatic heterocycles. The third kappa shape index (κ3) is 3.09. The summed E-state index contributed by atoms with van der Waals surface area (Å²) in [6, 6.07) is 6.18. The highest BCUT2D eigenvalue weighted by Crippen LogP contribution is 2.30. The van der Waals surface area contributed by atoms with Crippen LogP contribution < -0.4 is 0 Å². The topological polar surface area (TPSA) is 83.9 Å². The lowest BCUT2D eigenvalue weighted by atomic mass is 10.2. The van der Waals surface area contributed by atoms with Gasteiger partial charge in [-0.25, -0.2) is 16.8 Å². The molecular formula is C16H22N2O4S2. The Morgan fingerprint density at radius 2 is 1.88 bits per heavy atom. The van der Waals surface area contributed by atoms with Gasteiger partial charge < -0.3 is 4.90 Å². The van der Waals surface area contributed by atoms with Gasteiger partial charge in [0.1, 0.15) is 5.25 Å². The Balaban J connectivity index is 1.98. The molecule has 0 amide bonds. The van der Waals surface area contributed by atoms with E-state index in [4.69, 9.17) is 0 Å². The van der Waals surface area contributed by atoms with Crippen LogP contribution in [0.4, 0.5) is 0 Å². The average molecular weight is 370 g/mol. The summed E-state index contributed by atoms with van der Waals surface area (Å²) in [5.74, 6) is 0.273. The number of hydrogen-bond acceptors (Lipinski definition) is 6. The van der Waals surface area contributed by atoms with Gasteiger partial charge in [-0.2, -0.15) is 0 Å². The minimum atomic E-state index is -3.72. The lowest BCUT2D eigenvalue weighted by molar-refractivity contribution is 0.360. The van der Waals surface area contributed by atoms with Crippen LogP contribution >= 0.6 is 0 Å². The van der Waals surface area contributed by atoms with E-state index in [0.29, 0.717) is 13.1 Å². The van der Waals surface area contributed by atoms with E-state index in [-0.39, 0.29) is 16.4 Å². The molecule has 0 aliphatic carbocycles. The van der Waals surface area contributed by atoms with E-state index in [1.54, 1.807) is 31.2 Å². The van der Waals surface area contributed by atoms with Gasteiger partial charge in [0.15, 0.2) is 19.7 Å². The summed E-state index contributed by atoms with van der Waals surface area (Å²) >= 11 is 0. The lowest BCUT2D eigenvalue weighted by Crippen LogP contribution is -2.47. The van der Waals surface area contributed by atoms with Gasteiger partial charge in [0, 0.05) is 6.54 Å². The van der Waals surface area contributed by atoms with Crippen molar-refractivity contribution in [1.82, 2.24) is 4.90 Å². The van der Waals surface area contributed by atoms with Crippen molar-refractivity contribution in [3.8, 4) is 0 Å². The summed E-state index contributed by atoms with van der Waals surface area (Å²) in [5, 5.41) is -0.946. The molecule has 132 valence electrons. The summed E-state index contributed by atoms with van der Waals surface area (Å²) in [7, 11) is -7.11. The van der Waals surface area contributed by atoms with E-state index in [9.17, 15) is 16.8 Å². The van der Waals surface area contributed by atoms with Crippen molar-refractivity contribution < 1.29 is 16.8 Å². The molecule has 0 bridgehead atoms. The summed E-state index contributed by atoms with van der Waals surface area (Å²) in [5.41, 5.74) is 1.05. The van der Waals surface area contributed by atoms with Crippen LogP contribution in [0.15, 0.2) is 34.2 Å². The number of aryl methyl sites for hydroxylation is 1. The Kier molecular flexibility index (Phi) is 4.46. The van der Waals surface area contributed by atoms with E-state index in [0.717, 1.165) is 17.8 Å². The maximum absolute atomic E-state index is 13.1. The molecule has 6 nitrogen and oxygen atoms in total. The molecule has 2 aliphatic rings. The Morgan fingerprint density at radius 3 is 2.42 bits per heavy atom. The van der Waals surface area contributed by atoms with Gasteiger partial charge in [0.05, 0.1) is 34.8 Å². The highest BCUT2D eigenvalue weighted by Gasteiger charge is 2.49. The Hall–Kier alpha value is -1.41. The van der Waals surface area contributed by atoms with Crippen LogP contribution in [0.2, 0.25) is 0 Å².